The molecule has 0 aliphatic carbocycles. The lowest BCUT2D eigenvalue weighted by Crippen LogP contribution is -2.24. The van der Waals surface area contributed by atoms with Crippen LogP contribution in [0.1, 0.15) is 30.5 Å². The van der Waals surface area contributed by atoms with Crippen LogP contribution in [-0.4, -0.2) is 17.3 Å². The van der Waals surface area contributed by atoms with Gasteiger partial charge in [0.2, 0.25) is 0 Å². The molecule has 0 saturated heterocycles. The van der Waals surface area contributed by atoms with Gasteiger partial charge in [0.25, 0.3) is 0 Å². The van der Waals surface area contributed by atoms with Crippen LogP contribution >= 0.6 is 27.7 Å². The molecule has 0 saturated carbocycles. The number of aromatic nitrogens is 1. The number of hydrogen-bond donors (Lipinski definition) is 1. The van der Waals surface area contributed by atoms with E-state index in [-0.39, 0.29) is 0 Å². The number of benzene rings is 1. The Balaban J connectivity index is 2.06. The fraction of sp³-hybridized carbons (Fsp3) is 0.353. The van der Waals surface area contributed by atoms with Crippen LogP contribution in [0.4, 0.5) is 0 Å². The second-order valence-corrected chi connectivity index (χ2v) is 7.08. The molecular formula is C17H21BrN2S. The number of aryl methyl sites for hydroxylation is 1. The maximum atomic E-state index is 4.33. The van der Waals surface area contributed by atoms with Crippen molar-refractivity contribution < 1.29 is 0 Å². The van der Waals surface area contributed by atoms with Gasteiger partial charge in [-0.3, -0.25) is 4.98 Å². The largest absolute Gasteiger partial charge is 0.309 e. The number of rotatable bonds is 7. The third-order valence-corrected chi connectivity index (χ3v) is 4.73. The van der Waals surface area contributed by atoms with Gasteiger partial charge in [-0.05, 0) is 49.2 Å². The van der Waals surface area contributed by atoms with Crippen LogP contribution in [0.25, 0.3) is 0 Å². The molecule has 2 aromatic rings. The van der Waals surface area contributed by atoms with E-state index < -0.39 is 0 Å². The highest BCUT2D eigenvalue weighted by atomic mass is 79.9. The molecule has 2 rings (SSSR count). The highest BCUT2D eigenvalue weighted by molar-refractivity contribution is 9.10. The number of nitrogens with one attached hydrogen (secondary N) is 1. The van der Waals surface area contributed by atoms with Crippen molar-refractivity contribution in [2.45, 2.75) is 31.2 Å². The van der Waals surface area contributed by atoms with E-state index in [4.69, 9.17) is 0 Å². The van der Waals surface area contributed by atoms with Crippen molar-refractivity contribution in [3.63, 3.8) is 0 Å². The molecule has 0 radical (unpaired) electrons. The first-order chi connectivity index (χ1) is 10.2. The van der Waals surface area contributed by atoms with Gasteiger partial charge in [-0.2, -0.15) is 0 Å². The fourth-order valence-corrected chi connectivity index (χ4v) is 3.70. The van der Waals surface area contributed by atoms with Crippen LogP contribution in [-0.2, 0) is 0 Å². The van der Waals surface area contributed by atoms with E-state index in [2.05, 4.69) is 70.4 Å². The molecule has 1 unspecified atom stereocenters. The molecule has 2 nitrogen and oxygen atoms in total. The summed E-state index contributed by atoms with van der Waals surface area (Å²) in [4.78, 5) is 5.61. The predicted octanol–water partition coefficient (Wildman–Crippen LogP) is 4.99. The zero-order chi connectivity index (χ0) is 15.1. The second kappa shape index (κ2) is 8.57. The van der Waals surface area contributed by atoms with E-state index >= 15 is 0 Å². The zero-order valence-electron chi connectivity index (χ0n) is 12.5. The van der Waals surface area contributed by atoms with Crippen LogP contribution in [0.3, 0.4) is 0 Å². The molecule has 0 fully saturated rings. The number of halogens is 1. The van der Waals surface area contributed by atoms with E-state index in [0.29, 0.717) is 6.04 Å². The average molecular weight is 365 g/mol. The number of pyridine rings is 1. The maximum Gasteiger partial charge on any atom is 0.0430 e. The number of hydrogen-bond acceptors (Lipinski definition) is 3. The van der Waals surface area contributed by atoms with Crippen molar-refractivity contribution >= 4 is 27.7 Å². The van der Waals surface area contributed by atoms with Crippen LogP contribution < -0.4 is 5.32 Å². The summed E-state index contributed by atoms with van der Waals surface area (Å²) >= 11 is 5.40. The lowest BCUT2D eigenvalue weighted by atomic mass is 10.1. The van der Waals surface area contributed by atoms with Crippen molar-refractivity contribution in [2.75, 3.05) is 12.3 Å². The smallest absolute Gasteiger partial charge is 0.0430 e. The van der Waals surface area contributed by atoms with E-state index in [9.17, 15) is 0 Å². The van der Waals surface area contributed by atoms with Crippen LogP contribution in [0.5, 0.6) is 0 Å². The predicted molar refractivity (Wildman–Crippen MR) is 94.9 cm³/mol. The van der Waals surface area contributed by atoms with Gasteiger partial charge in [0.1, 0.15) is 0 Å². The minimum Gasteiger partial charge on any atom is -0.309 e. The monoisotopic (exact) mass is 364 g/mol. The highest BCUT2D eigenvalue weighted by Crippen LogP contribution is 2.27. The van der Waals surface area contributed by atoms with Gasteiger partial charge >= 0.3 is 0 Å². The third-order valence-electron chi connectivity index (χ3n) is 3.15. The Hall–Kier alpha value is -0.840. The molecule has 1 heterocycles. The number of nitrogens with zero attached hydrogens (tertiary/aromatic N) is 1. The molecule has 112 valence electrons. The molecule has 0 spiro atoms. The van der Waals surface area contributed by atoms with Crippen molar-refractivity contribution in [2.24, 2.45) is 0 Å². The van der Waals surface area contributed by atoms with Gasteiger partial charge in [0, 0.05) is 33.6 Å². The molecule has 0 amide bonds. The van der Waals surface area contributed by atoms with Gasteiger partial charge in [-0.25, -0.2) is 0 Å². The summed E-state index contributed by atoms with van der Waals surface area (Å²) in [7, 11) is 0. The van der Waals surface area contributed by atoms with E-state index in [1.54, 1.807) is 0 Å². The Morgan fingerprint density at radius 1 is 1.29 bits per heavy atom. The Labute approximate surface area is 139 Å². The Morgan fingerprint density at radius 3 is 2.86 bits per heavy atom. The molecule has 0 aliphatic rings. The lowest BCUT2D eigenvalue weighted by molar-refractivity contribution is 0.575. The summed E-state index contributed by atoms with van der Waals surface area (Å²) in [6.45, 7) is 5.31. The Bertz CT molecular complexity index is 574. The summed E-state index contributed by atoms with van der Waals surface area (Å²) in [6.07, 6.45) is 5.01. The molecule has 21 heavy (non-hydrogen) atoms. The molecule has 4 heteroatoms. The molecule has 1 aromatic heterocycles. The van der Waals surface area contributed by atoms with Gasteiger partial charge in [0.05, 0.1) is 0 Å². The Kier molecular flexibility index (Phi) is 6.74. The van der Waals surface area contributed by atoms with Crippen LogP contribution in [0, 0.1) is 6.92 Å². The first kappa shape index (κ1) is 16.5. The molecule has 1 aromatic carbocycles. The van der Waals surface area contributed by atoms with Crippen molar-refractivity contribution in [1.29, 1.82) is 0 Å². The third kappa shape index (κ3) is 5.46. The maximum absolute atomic E-state index is 4.33. The van der Waals surface area contributed by atoms with Gasteiger partial charge in [-0.1, -0.05) is 35.0 Å². The quantitative estimate of drug-likeness (QED) is 0.700. The van der Waals surface area contributed by atoms with Crippen molar-refractivity contribution in [3.8, 4) is 0 Å². The summed E-state index contributed by atoms with van der Waals surface area (Å²) < 4.78 is 1.13. The SMILES string of the molecule is CCCNC(CSc1cccc(Br)c1)c1cncc(C)c1. The Morgan fingerprint density at radius 2 is 2.14 bits per heavy atom. The summed E-state index contributed by atoms with van der Waals surface area (Å²) in [5.41, 5.74) is 2.48. The normalized spacial score (nSPS) is 12.3. The minimum absolute atomic E-state index is 0.335. The first-order valence-corrected chi connectivity index (χ1v) is 9.00. The first-order valence-electron chi connectivity index (χ1n) is 7.22. The minimum atomic E-state index is 0.335. The average Bonchev–Trinajstić information content (AvgIpc) is 2.47. The molecule has 0 bridgehead atoms. The summed E-state index contributed by atoms with van der Waals surface area (Å²) in [5.74, 6) is 1.00. The molecule has 1 N–H and O–H groups in total. The molecule has 0 aliphatic heterocycles. The van der Waals surface area contributed by atoms with E-state index in [0.717, 1.165) is 23.2 Å². The molecule has 1 atom stereocenters. The lowest BCUT2D eigenvalue weighted by Gasteiger charge is -2.19. The topological polar surface area (TPSA) is 24.9 Å². The van der Waals surface area contributed by atoms with E-state index in [1.807, 2.05) is 24.2 Å². The summed E-state index contributed by atoms with van der Waals surface area (Å²) in [6, 6.07) is 11.0. The fourth-order valence-electron chi connectivity index (χ4n) is 2.10. The van der Waals surface area contributed by atoms with Crippen molar-refractivity contribution in [1.82, 2.24) is 10.3 Å². The van der Waals surface area contributed by atoms with Gasteiger partial charge in [0.15, 0.2) is 0 Å². The zero-order valence-corrected chi connectivity index (χ0v) is 14.9. The highest BCUT2D eigenvalue weighted by Gasteiger charge is 2.12. The van der Waals surface area contributed by atoms with Crippen LogP contribution in [0.15, 0.2) is 52.1 Å². The van der Waals surface area contributed by atoms with Gasteiger partial charge < -0.3 is 5.32 Å². The second-order valence-electron chi connectivity index (χ2n) is 5.07. The standard InChI is InChI=1S/C17H21BrN2S/c1-3-7-20-17(14-8-13(2)10-19-11-14)12-21-16-6-4-5-15(18)9-16/h4-6,8-11,17,20H,3,7,12H2,1-2H3. The number of thioether (sulfide) groups is 1. The van der Waals surface area contributed by atoms with Crippen molar-refractivity contribution in [3.05, 3.63) is 58.3 Å². The van der Waals surface area contributed by atoms with Crippen LogP contribution in [0.2, 0.25) is 0 Å². The molecular weight excluding hydrogens is 344 g/mol. The van der Waals surface area contributed by atoms with Gasteiger partial charge in [-0.15, -0.1) is 11.8 Å². The van der Waals surface area contributed by atoms with E-state index in [1.165, 1.54) is 16.0 Å². The summed E-state index contributed by atoms with van der Waals surface area (Å²) in [5, 5.41) is 3.63.